The highest BCUT2D eigenvalue weighted by molar-refractivity contribution is 7.51. The number of aromatic amines is 1. The lowest BCUT2D eigenvalue weighted by molar-refractivity contribution is -0.122. The summed E-state index contributed by atoms with van der Waals surface area (Å²) in [7, 11) is 0. The van der Waals surface area contributed by atoms with E-state index in [2.05, 4.69) is 70.0 Å². The molecule has 2 atom stereocenters. The van der Waals surface area contributed by atoms with E-state index in [1.165, 1.54) is 0 Å². The van der Waals surface area contributed by atoms with Gasteiger partial charge in [-0.1, -0.05) is 89.9 Å². The van der Waals surface area contributed by atoms with Crippen molar-refractivity contribution in [3.8, 4) is 28.2 Å². The largest absolute Gasteiger partial charge is 0.444 e. The Labute approximate surface area is 517 Å². The first-order chi connectivity index (χ1) is 41.7. The van der Waals surface area contributed by atoms with E-state index < -0.39 is 28.9 Å². The van der Waals surface area contributed by atoms with Crippen molar-refractivity contribution in [3.63, 3.8) is 0 Å². The van der Waals surface area contributed by atoms with Gasteiger partial charge in [-0.05, 0) is 128 Å². The van der Waals surface area contributed by atoms with E-state index in [1.807, 2.05) is 157 Å². The van der Waals surface area contributed by atoms with Crippen LogP contribution in [-0.4, -0.2) is 109 Å². The summed E-state index contributed by atoms with van der Waals surface area (Å²) in [5.74, 6) is -0.174. The number of rotatable bonds is 11. The van der Waals surface area contributed by atoms with Gasteiger partial charge in [0.2, 0.25) is 23.7 Å². The van der Waals surface area contributed by atoms with Crippen LogP contribution in [0.2, 0.25) is 10.0 Å². The number of hydrogen-bond donors (Lipinski definition) is 5. The Kier molecular flexibility index (Phi) is 20.0. The Balaban J connectivity index is 0.000000200. The Morgan fingerprint density at radius 2 is 1.05 bits per heavy atom. The molecule has 2 aliphatic heterocycles. The molecule has 6 heterocycles. The molecular formula is C64H66Cl2N12O8S. The lowest BCUT2D eigenvalue weighted by Gasteiger charge is -2.33. The number of carbonyl (C=O) groups is 4. The molecule has 2 aliphatic rings. The summed E-state index contributed by atoms with van der Waals surface area (Å²) in [4.78, 5) is 76.0. The molecule has 5 N–H and O–H groups in total. The fourth-order valence-electron chi connectivity index (χ4n) is 10.1. The molecule has 5 aromatic carbocycles. The number of amides is 4. The molecule has 0 radical (unpaired) electrons. The Bertz CT molecular complexity index is 3980. The number of hydrogen-bond acceptors (Lipinski definition) is 14. The van der Waals surface area contributed by atoms with Crippen LogP contribution in [0.3, 0.4) is 0 Å². The number of likely N-dealkylation sites (tertiary alicyclic amines) is 2. The van der Waals surface area contributed by atoms with Gasteiger partial charge >= 0.3 is 23.8 Å². The Morgan fingerprint density at radius 3 is 1.56 bits per heavy atom. The number of H-pyrrole nitrogens is 1. The van der Waals surface area contributed by atoms with Crippen molar-refractivity contribution in [1.29, 1.82) is 0 Å². The van der Waals surface area contributed by atoms with E-state index in [0.717, 1.165) is 51.5 Å². The van der Waals surface area contributed by atoms with Crippen molar-refractivity contribution in [2.24, 2.45) is 11.8 Å². The Hall–Kier alpha value is -9.18. The lowest BCUT2D eigenvalue weighted by atomic mass is 9.97. The highest BCUT2D eigenvalue weighted by Crippen LogP contribution is 2.37. The number of halogens is 2. The predicted octanol–water partition coefficient (Wildman–Crippen LogP) is 14.0. The van der Waals surface area contributed by atoms with Gasteiger partial charge in [0.25, 0.3) is 0 Å². The first kappa shape index (κ1) is 62.4. The van der Waals surface area contributed by atoms with Crippen LogP contribution >= 0.6 is 23.2 Å². The average molecular weight is 1230 g/mol. The second-order valence-corrected chi connectivity index (χ2v) is 23.7. The minimum absolute atomic E-state index is 0.134. The first-order valence-corrected chi connectivity index (χ1v) is 29.7. The molecule has 9 aromatic rings. The van der Waals surface area contributed by atoms with Crippen LogP contribution in [0.5, 0.6) is 0 Å². The number of nitrogens with one attached hydrogen (secondary N) is 5. The van der Waals surface area contributed by atoms with Crippen molar-refractivity contribution in [3.05, 3.63) is 162 Å². The zero-order valence-corrected chi connectivity index (χ0v) is 51.1. The quantitative estimate of drug-likeness (QED) is 0.0808. The van der Waals surface area contributed by atoms with Crippen LogP contribution in [0.4, 0.5) is 44.2 Å². The van der Waals surface area contributed by atoms with Gasteiger partial charge in [0.05, 0.1) is 51.2 Å². The second kappa shape index (κ2) is 27.9. The van der Waals surface area contributed by atoms with Crippen molar-refractivity contribution >= 4 is 115 Å². The fourth-order valence-corrected chi connectivity index (χ4v) is 10.5. The molecule has 0 spiro atoms. The van der Waals surface area contributed by atoms with E-state index in [-0.39, 0.29) is 29.7 Å². The number of fused-ring (bicyclic) bond motifs is 2. The number of benzene rings is 5. The van der Waals surface area contributed by atoms with E-state index in [9.17, 15) is 19.2 Å². The van der Waals surface area contributed by atoms with Crippen LogP contribution < -0.4 is 21.3 Å². The molecule has 450 valence electrons. The number of piperidine rings is 2. The third-order valence-electron chi connectivity index (χ3n) is 14.0. The van der Waals surface area contributed by atoms with E-state index >= 15 is 0 Å². The number of ether oxygens (including phenoxy) is 2. The van der Waals surface area contributed by atoms with Crippen molar-refractivity contribution in [2.75, 3.05) is 47.4 Å². The van der Waals surface area contributed by atoms with E-state index in [4.69, 9.17) is 46.1 Å². The molecule has 87 heavy (non-hydrogen) atoms. The minimum Gasteiger partial charge on any atom is -0.444 e. The summed E-state index contributed by atoms with van der Waals surface area (Å²) in [6.45, 7) is 12.8. The highest BCUT2D eigenvalue weighted by Gasteiger charge is 2.33. The van der Waals surface area contributed by atoms with Gasteiger partial charge in [-0.3, -0.25) is 9.59 Å². The van der Waals surface area contributed by atoms with Gasteiger partial charge in [0.1, 0.15) is 11.2 Å². The van der Waals surface area contributed by atoms with Gasteiger partial charge in [-0.25, -0.2) is 29.5 Å². The second-order valence-electron chi connectivity index (χ2n) is 22.8. The molecule has 2 fully saturated rings. The zero-order chi connectivity index (χ0) is 61.8. The maximum atomic E-state index is 13.2. The third-order valence-corrected chi connectivity index (χ3v) is 14.5. The smallest absolute Gasteiger partial charge is 0.410 e. The molecule has 0 unspecified atom stereocenters. The highest BCUT2D eigenvalue weighted by atomic mass is 35.5. The normalized spacial score (nSPS) is 15.0. The summed E-state index contributed by atoms with van der Waals surface area (Å²) >= 11 is 12.4. The summed E-state index contributed by atoms with van der Waals surface area (Å²) in [5, 5.41) is 15.4. The van der Waals surface area contributed by atoms with Crippen LogP contribution in [-0.2, 0) is 30.6 Å². The minimum atomic E-state index is -0.750. The van der Waals surface area contributed by atoms with Crippen molar-refractivity contribution in [1.82, 2.24) is 39.3 Å². The SMILES string of the molecule is CC(C)(C)OC(=O)N1CCC[C@H](C(=O)Nc2cccc(Nc3ncc(Cl)c(-c4c[nH]c5ccccc45)n3)c2)C1.CC(C)(C)OC(=O)N1CCC[C@H](C(=O)Nc2cccc(Nc3ncc(Cl)c(-c4cn(-c5ccccc5)c5ccccc45)n3)c2)C1.O=S=O. The number of carbonyl (C=O) groups excluding carboxylic acids is 4. The summed E-state index contributed by atoms with van der Waals surface area (Å²) in [6, 6.07) is 40.9. The summed E-state index contributed by atoms with van der Waals surface area (Å²) in [6.07, 6.45) is 9.19. The molecule has 2 saturated heterocycles. The van der Waals surface area contributed by atoms with Crippen LogP contribution in [0.1, 0.15) is 67.2 Å². The monoisotopic (exact) mass is 1230 g/mol. The molecular weight excluding hydrogens is 1170 g/mol. The number of nitrogens with zero attached hydrogens (tertiary/aromatic N) is 7. The maximum absolute atomic E-state index is 13.2. The fraction of sp³-hybridized carbons (Fsp3) is 0.281. The van der Waals surface area contributed by atoms with Gasteiger partial charge in [0.15, 0.2) is 0 Å². The number of para-hydroxylation sites is 3. The zero-order valence-electron chi connectivity index (χ0n) is 48.8. The molecule has 0 saturated carbocycles. The van der Waals surface area contributed by atoms with E-state index in [0.29, 0.717) is 95.1 Å². The summed E-state index contributed by atoms with van der Waals surface area (Å²) < 4.78 is 29.7. The predicted molar refractivity (Wildman–Crippen MR) is 340 cm³/mol. The lowest BCUT2D eigenvalue weighted by Crippen LogP contribution is -2.45. The molecule has 23 heteroatoms. The maximum Gasteiger partial charge on any atom is 0.410 e. The number of aromatic nitrogens is 6. The third kappa shape index (κ3) is 16.4. The van der Waals surface area contributed by atoms with Gasteiger partial charge in [-0.2, -0.15) is 8.42 Å². The molecule has 11 rings (SSSR count). The van der Waals surface area contributed by atoms with Crippen LogP contribution in [0.25, 0.3) is 50.0 Å². The average Bonchev–Trinajstić information content (AvgIpc) is 1.96. The molecule has 0 aliphatic carbocycles. The van der Waals surface area contributed by atoms with Gasteiger partial charge in [-0.15, -0.1) is 0 Å². The van der Waals surface area contributed by atoms with Gasteiger partial charge < -0.3 is 50.1 Å². The summed E-state index contributed by atoms with van der Waals surface area (Å²) in [5.41, 5.74) is 7.56. The first-order valence-electron chi connectivity index (χ1n) is 28.2. The Morgan fingerprint density at radius 1 is 0.586 bits per heavy atom. The van der Waals surface area contributed by atoms with Crippen molar-refractivity contribution in [2.45, 2.75) is 78.4 Å². The van der Waals surface area contributed by atoms with Crippen molar-refractivity contribution < 1.29 is 37.1 Å². The molecule has 0 bridgehead atoms. The molecule has 4 aromatic heterocycles. The standard InChI is InChI=1S/C35H35ClN6O3.C29H31ClN6O3.O2S/c1-35(2,3)45-34(44)41-18-10-11-23(21-41)32(43)38-24-12-9-13-25(19-24)39-33-37-20-29(36)31(40-33)28-22-42(26-14-5-4-6-15-26)30-17-8-7-16-27(28)30;1-29(2,3)39-28(38)36-13-7-8-18(17-36)26(37)33-19-9-6-10-20(14-19)34-27-32-16-23(30)25(35-27)22-15-31-24-12-5-4-11-21(22)24;1-3-2/h4-9,12-17,19-20,22-23H,10-11,18,21H2,1-3H3,(H,38,43)(H,37,39,40);4-6,9-12,14-16,18,31H,7-8,13,17H2,1-3H3,(H,33,37)(H,32,34,35);/t23-;18-;/m00./s1. The topological polar surface area (TPSA) is 248 Å². The van der Waals surface area contributed by atoms with Crippen LogP contribution in [0, 0.1) is 11.8 Å². The number of anilines is 6. The molecule has 4 amide bonds. The van der Waals surface area contributed by atoms with Gasteiger partial charge in [0, 0.05) is 94.4 Å². The van der Waals surface area contributed by atoms with Crippen LogP contribution in [0.15, 0.2) is 152 Å². The van der Waals surface area contributed by atoms with E-state index in [1.54, 1.807) is 22.2 Å². The molecule has 20 nitrogen and oxygen atoms in total.